The van der Waals surface area contributed by atoms with E-state index < -0.39 is 42.0 Å². The van der Waals surface area contributed by atoms with E-state index in [0.29, 0.717) is 30.1 Å². The number of hydrogen-bond acceptors (Lipinski definition) is 11. The summed E-state index contributed by atoms with van der Waals surface area (Å²) >= 11 is 0. The van der Waals surface area contributed by atoms with Crippen molar-refractivity contribution in [1.82, 2.24) is 9.62 Å². The molecule has 0 aliphatic carbocycles. The minimum Gasteiger partial charge on any atom is -0.497 e. The van der Waals surface area contributed by atoms with Gasteiger partial charge in [0.15, 0.2) is 6.35 Å². The maximum absolute atomic E-state index is 13.9. The highest BCUT2D eigenvalue weighted by Gasteiger charge is 2.33. The van der Waals surface area contributed by atoms with Crippen LogP contribution in [0.1, 0.15) is 37.0 Å². The molecular weight excluding hydrogens is 759 g/mol. The Labute approximate surface area is 329 Å². The predicted octanol–water partition coefficient (Wildman–Crippen LogP) is 6.79. The van der Waals surface area contributed by atoms with Crippen LogP contribution in [0.5, 0.6) is 11.5 Å². The van der Waals surface area contributed by atoms with Crippen molar-refractivity contribution in [3.05, 3.63) is 126 Å². The molecule has 13 nitrogen and oxygen atoms in total. The van der Waals surface area contributed by atoms with E-state index in [1.54, 1.807) is 36.4 Å². The third-order valence-electron chi connectivity index (χ3n) is 8.90. The highest BCUT2D eigenvalue weighted by atomic mass is 32.2. The normalized spacial score (nSPS) is 15.7. The summed E-state index contributed by atoms with van der Waals surface area (Å²) in [7, 11) is -6.28. The summed E-state index contributed by atoms with van der Waals surface area (Å²) in [4.78, 5) is 13.1. The van der Waals surface area contributed by atoms with Gasteiger partial charge in [-0.05, 0) is 65.4 Å². The highest BCUT2D eigenvalue weighted by Crippen LogP contribution is 2.49. The SMILES string of the molecule is COc1ccc(S(=O)(=O)N(CC(C)C)C[C@@H](O)[C@H](Cc2ccc(OCP(=O)(OCc3ccccc3)OCc3ccccc3)cc2)NC(=O)OC2CCOC2)cc1. The van der Waals surface area contributed by atoms with E-state index in [4.69, 9.17) is 28.0 Å². The molecule has 1 saturated heterocycles. The Balaban J connectivity index is 1.29. The lowest BCUT2D eigenvalue weighted by atomic mass is 10.0. The Morgan fingerprint density at radius 1 is 0.857 bits per heavy atom. The number of aliphatic hydroxyl groups is 1. The summed E-state index contributed by atoms with van der Waals surface area (Å²) in [5.41, 5.74) is 2.36. The first kappa shape index (κ1) is 42.9. The molecular formula is C41H51N2O11PS. The summed E-state index contributed by atoms with van der Waals surface area (Å²) in [5.74, 6) is 0.831. The van der Waals surface area contributed by atoms with Crippen molar-refractivity contribution >= 4 is 23.7 Å². The van der Waals surface area contributed by atoms with Gasteiger partial charge in [-0.1, -0.05) is 86.6 Å². The first-order chi connectivity index (χ1) is 26.9. The third-order valence-corrected chi connectivity index (χ3v) is 12.2. The van der Waals surface area contributed by atoms with E-state index in [2.05, 4.69) is 5.32 Å². The van der Waals surface area contributed by atoms with Crippen molar-refractivity contribution in [2.24, 2.45) is 5.92 Å². The van der Waals surface area contributed by atoms with Crippen molar-refractivity contribution in [2.45, 2.75) is 63.0 Å². The topological polar surface area (TPSA) is 159 Å². The van der Waals surface area contributed by atoms with Crippen LogP contribution in [0.15, 0.2) is 114 Å². The van der Waals surface area contributed by atoms with Crippen LogP contribution in [-0.2, 0) is 52.7 Å². The zero-order valence-corrected chi connectivity index (χ0v) is 33.6. The molecule has 0 spiro atoms. The summed E-state index contributed by atoms with van der Waals surface area (Å²) in [6.45, 7) is 4.47. The van der Waals surface area contributed by atoms with Gasteiger partial charge in [0.25, 0.3) is 0 Å². The van der Waals surface area contributed by atoms with E-state index in [1.807, 2.05) is 74.5 Å². The number of rotatable bonds is 21. The molecule has 1 amide bonds. The minimum absolute atomic E-state index is 0.0485. The van der Waals surface area contributed by atoms with Gasteiger partial charge < -0.3 is 38.4 Å². The van der Waals surface area contributed by atoms with Crippen molar-refractivity contribution in [3.8, 4) is 11.5 Å². The molecule has 1 unspecified atom stereocenters. The second-order valence-corrected chi connectivity index (χ2v) is 17.8. The summed E-state index contributed by atoms with van der Waals surface area (Å²) in [5, 5.41) is 14.4. The van der Waals surface area contributed by atoms with Crippen LogP contribution in [0.2, 0.25) is 0 Å². The second-order valence-electron chi connectivity index (χ2n) is 13.9. The lowest BCUT2D eigenvalue weighted by molar-refractivity contribution is 0.0644. The van der Waals surface area contributed by atoms with Gasteiger partial charge in [0.1, 0.15) is 17.6 Å². The molecule has 1 fully saturated rings. The van der Waals surface area contributed by atoms with Crippen molar-refractivity contribution in [3.63, 3.8) is 0 Å². The Morgan fingerprint density at radius 3 is 1.98 bits per heavy atom. The van der Waals surface area contributed by atoms with Crippen LogP contribution < -0.4 is 14.8 Å². The number of aliphatic hydroxyl groups excluding tert-OH is 1. The average molecular weight is 811 g/mol. The van der Waals surface area contributed by atoms with Gasteiger partial charge in [0, 0.05) is 19.5 Å². The van der Waals surface area contributed by atoms with Gasteiger partial charge in [0.05, 0.1) is 50.6 Å². The smallest absolute Gasteiger partial charge is 0.407 e. The molecule has 4 aromatic carbocycles. The Bertz CT molecular complexity index is 1900. The molecule has 4 aromatic rings. The maximum Gasteiger partial charge on any atom is 0.407 e. The van der Waals surface area contributed by atoms with Crippen LogP contribution in [0, 0.1) is 5.92 Å². The summed E-state index contributed by atoms with van der Waals surface area (Å²) in [6, 6.07) is 30.6. The van der Waals surface area contributed by atoms with Crippen LogP contribution in [0.3, 0.4) is 0 Å². The Kier molecular flexibility index (Phi) is 15.9. The number of carbonyl (C=O) groups is 1. The van der Waals surface area contributed by atoms with Crippen LogP contribution >= 0.6 is 7.60 Å². The molecule has 5 rings (SSSR count). The number of ether oxygens (including phenoxy) is 4. The van der Waals surface area contributed by atoms with Crippen molar-refractivity contribution in [1.29, 1.82) is 0 Å². The van der Waals surface area contributed by atoms with E-state index in [9.17, 15) is 22.9 Å². The van der Waals surface area contributed by atoms with E-state index in [-0.39, 0.29) is 56.5 Å². The van der Waals surface area contributed by atoms with Gasteiger partial charge in [-0.25, -0.2) is 13.2 Å². The first-order valence-corrected chi connectivity index (χ1v) is 21.6. The molecule has 1 heterocycles. The molecule has 0 radical (unpaired) electrons. The molecule has 302 valence electrons. The third kappa shape index (κ3) is 13.2. The predicted molar refractivity (Wildman–Crippen MR) is 211 cm³/mol. The summed E-state index contributed by atoms with van der Waals surface area (Å²) < 4.78 is 76.4. The molecule has 0 bridgehead atoms. The maximum atomic E-state index is 13.9. The van der Waals surface area contributed by atoms with Crippen LogP contribution in [-0.4, -0.2) is 81.9 Å². The Hall–Kier alpha value is -4.27. The molecule has 2 N–H and O–H groups in total. The number of nitrogens with one attached hydrogen (secondary N) is 1. The number of carbonyl (C=O) groups excluding carboxylic acids is 1. The van der Waals surface area contributed by atoms with Gasteiger partial charge in [-0.2, -0.15) is 4.31 Å². The monoisotopic (exact) mass is 810 g/mol. The average Bonchev–Trinajstić information content (AvgIpc) is 3.72. The second kappa shape index (κ2) is 20.8. The number of methoxy groups -OCH3 is 1. The van der Waals surface area contributed by atoms with Crippen LogP contribution in [0.25, 0.3) is 0 Å². The van der Waals surface area contributed by atoms with E-state index in [0.717, 1.165) is 11.1 Å². The molecule has 0 aromatic heterocycles. The largest absolute Gasteiger partial charge is 0.497 e. The highest BCUT2D eigenvalue weighted by molar-refractivity contribution is 7.89. The molecule has 0 saturated carbocycles. The molecule has 56 heavy (non-hydrogen) atoms. The molecule has 15 heteroatoms. The number of benzene rings is 4. The fourth-order valence-corrected chi connectivity index (χ4v) is 8.72. The zero-order valence-electron chi connectivity index (χ0n) is 31.9. The first-order valence-electron chi connectivity index (χ1n) is 18.5. The zero-order chi connectivity index (χ0) is 40.0. The van der Waals surface area contributed by atoms with Crippen molar-refractivity contribution < 1.29 is 50.9 Å². The Morgan fingerprint density at radius 2 is 1.45 bits per heavy atom. The number of alkyl carbamates (subject to hydrolysis) is 1. The molecule has 1 aliphatic heterocycles. The fraction of sp³-hybridized carbons (Fsp3) is 0.390. The van der Waals surface area contributed by atoms with E-state index in [1.165, 1.54) is 23.5 Å². The quantitative estimate of drug-likeness (QED) is 0.0854. The van der Waals surface area contributed by atoms with Gasteiger partial charge in [-0.3, -0.25) is 4.57 Å². The number of sulfonamides is 1. The van der Waals surface area contributed by atoms with Crippen LogP contribution in [0.4, 0.5) is 4.79 Å². The van der Waals surface area contributed by atoms with Gasteiger partial charge >= 0.3 is 13.7 Å². The van der Waals surface area contributed by atoms with E-state index >= 15 is 0 Å². The number of nitrogens with zero attached hydrogens (tertiary/aromatic N) is 1. The number of amides is 1. The summed E-state index contributed by atoms with van der Waals surface area (Å²) in [6.07, 6.45) is -2.19. The fourth-order valence-electron chi connectivity index (χ4n) is 5.87. The lowest BCUT2D eigenvalue weighted by Gasteiger charge is -2.30. The van der Waals surface area contributed by atoms with Crippen molar-refractivity contribution in [2.75, 3.05) is 39.8 Å². The standard InChI is InChI=1S/C41H51N2O11PS/c1-31(2)25-43(56(47,48)38-20-18-35(49-3)19-21-38)26-40(44)39(42-41(45)54-37-22-23-50-29-37)24-32-14-16-36(17-15-32)51-30-55(46,52-27-33-10-6-4-7-11-33)53-28-34-12-8-5-9-13-34/h4-21,31,37,39-40,44H,22-30H2,1-3H3,(H,42,45)/t37?,39-,40+/m0/s1. The number of hydrogen-bond donors (Lipinski definition) is 2. The molecule has 3 atom stereocenters. The van der Waals surface area contributed by atoms with Gasteiger partial charge in [0.2, 0.25) is 10.0 Å². The minimum atomic E-state index is -4.04. The lowest BCUT2D eigenvalue weighted by Crippen LogP contribution is -2.51. The van der Waals surface area contributed by atoms with Gasteiger partial charge in [-0.15, -0.1) is 0 Å². The molecule has 1 aliphatic rings.